The highest BCUT2D eigenvalue weighted by molar-refractivity contribution is 5.79. The van der Waals surface area contributed by atoms with E-state index in [1.807, 2.05) is 30.3 Å². The molecule has 1 atom stereocenters. The van der Waals surface area contributed by atoms with Gasteiger partial charge in [0.15, 0.2) is 0 Å². The van der Waals surface area contributed by atoms with Gasteiger partial charge in [-0.05, 0) is 5.56 Å². The highest BCUT2D eigenvalue weighted by Gasteiger charge is 2.16. The number of aliphatic hydroxyl groups excluding tert-OH is 1. The van der Waals surface area contributed by atoms with Gasteiger partial charge in [0, 0.05) is 24.6 Å². The average Bonchev–Trinajstić information content (AvgIpc) is 2.54. The zero-order chi connectivity index (χ0) is 16.7. The molecule has 6 nitrogen and oxygen atoms in total. The van der Waals surface area contributed by atoms with E-state index in [0.29, 0.717) is 12.0 Å². The van der Waals surface area contributed by atoms with E-state index < -0.39 is 11.0 Å². The fourth-order valence-electron chi connectivity index (χ4n) is 2.26. The molecule has 0 bridgehead atoms. The van der Waals surface area contributed by atoms with Crippen LogP contribution in [0, 0.1) is 10.1 Å². The Morgan fingerprint density at radius 3 is 2.48 bits per heavy atom. The van der Waals surface area contributed by atoms with Crippen LogP contribution in [0.1, 0.15) is 11.1 Å². The van der Waals surface area contributed by atoms with Crippen LogP contribution in [0.4, 0.5) is 5.69 Å². The smallest absolute Gasteiger partial charge is 0.273 e. The zero-order valence-corrected chi connectivity index (χ0v) is 12.5. The van der Waals surface area contributed by atoms with Crippen LogP contribution in [0.5, 0.6) is 0 Å². The number of benzene rings is 2. The molecule has 0 fully saturated rings. The van der Waals surface area contributed by atoms with E-state index in [4.69, 9.17) is 0 Å². The van der Waals surface area contributed by atoms with Crippen molar-refractivity contribution in [3.63, 3.8) is 0 Å². The quantitative estimate of drug-likeness (QED) is 0.602. The predicted molar refractivity (Wildman–Crippen MR) is 86.0 cm³/mol. The number of nitro groups is 1. The Morgan fingerprint density at radius 2 is 1.78 bits per heavy atom. The number of para-hydroxylation sites is 1. The molecule has 0 spiro atoms. The zero-order valence-electron chi connectivity index (χ0n) is 12.5. The van der Waals surface area contributed by atoms with Gasteiger partial charge in [-0.3, -0.25) is 14.9 Å². The number of nitrogens with zero attached hydrogens (tertiary/aromatic N) is 1. The van der Waals surface area contributed by atoms with Crippen LogP contribution in [0.3, 0.4) is 0 Å². The van der Waals surface area contributed by atoms with Crippen molar-refractivity contribution in [2.75, 3.05) is 6.54 Å². The summed E-state index contributed by atoms with van der Waals surface area (Å²) in [6, 6.07) is 15.6. The van der Waals surface area contributed by atoms with Crippen LogP contribution in [0.25, 0.3) is 0 Å². The number of nitrogens with one attached hydrogen (secondary N) is 1. The molecule has 0 radical (unpaired) electrons. The fourth-order valence-corrected chi connectivity index (χ4v) is 2.26. The molecule has 2 aromatic carbocycles. The maximum atomic E-state index is 11.9. The largest absolute Gasteiger partial charge is 0.391 e. The Bertz CT molecular complexity index is 673. The molecule has 0 aliphatic carbocycles. The van der Waals surface area contributed by atoms with Gasteiger partial charge in [-0.2, -0.15) is 0 Å². The molecule has 1 unspecified atom stereocenters. The molecular weight excluding hydrogens is 296 g/mol. The summed E-state index contributed by atoms with van der Waals surface area (Å²) in [6.07, 6.45) is -0.353. The molecule has 6 heteroatoms. The molecule has 2 aromatic rings. The minimum Gasteiger partial charge on any atom is -0.391 e. The molecule has 120 valence electrons. The lowest BCUT2D eigenvalue weighted by Gasteiger charge is -2.12. The molecule has 0 aliphatic rings. The van der Waals surface area contributed by atoms with Gasteiger partial charge in [0.25, 0.3) is 5.69 Å². The number of nitro benzene ring substituents is 1. The van der Waals surface area contributed by atoms with Crippen LogP contribution in [-0.2, 0) is 17.6 Å². The highest BCUT2D eigenvalue weighted by atomic mass is 16.6. The first kappa shape index (κ1) is 16.6. The number of hydrogen-bond acceptors (Lipinski definition) is 4. The van der Waals surface area contributed by atoms with Crippen molar-refractivity contribution in [2.24, 2.45) is 0 Å². The highest BCUT2D eigenvalue weighted by Crippen LogP contribution is 2.17. The standard InChI is InChI=1S/C17H18N2O4/c20-15(10-13-6-2-1-3-7-13)12-18-17(21)11-14-8-4-5-9-16(14)19(22)23/h1-9,15,20H,10-12H2,(H,18,21). The maximum absolute atomic E-state index is 11.9. The van der Waals surface area contributed by atoms with Gasteiger partial charge in [-0.1, -0.05) is 48.5 Å². The molecule has 0 saturated heterocycles. The number of rotatable bonds is 7. The first-order valence-electron chi connectivity index (χ1n) is 7.27. The van der Waals surface area contributed by atoms with Crippen LogP contribution in [0.2, 0.25) is 0 Å². The van der Waals surface area contributed by atoms with Gasteiger partial charge in [0.05, 0.1) is 17.4 Å². The summed E-state index contributed by atoms with van der Waals surface area (Å²) in [7, 11) is 0. The van der Waals surface area contributed by atoms with Crippen molar-refractivity contribution in [3.8, 4) is 0 Å². The Morgan fingerprint density at radius 1 is 1.13 bits per heavy atom. The van der Waals surface area contributed by atoms with E-state index in [1.54, 1.807) is 18.2 Å². The Hall–Kier alpha value is -2.73. The normalized spacial score (nSPS) is 11.7. The first-order chi connectivity index (χ1) is 11.1. The monoisotopic (exact) mass is 314 g/mol. The third-order valence-electron chi connectivity index (χ3n) is 3.39. The number of carbonyl (C=O) groups excluding carboxylic acids is 1. The lowest BCUT2D eigenvalue weighted by Crippen LogP contribution is -2.34. The minimum absolute atomic E-state index is 0.0764. The van der Waals surface area contributed by atoms with Crippen molar-refractivity contribution in [1.82, 2.24) is 5.32 Å². The van der Waals surface area contributed by atoms with E-state index in [9.17, 15) is 20.0 Å². The van der Waals surface area contributed by atoms with Crippen molar-refractivity contribution in [1.29, 1.82) is 0 Å². The van der Waals surface area contributed by atoms with Crippen LogP contribution >= 0.6 is 0 Å². The lowest BCUT2D eigenvalue weighted by atomic mass is 10.1. The van der Waals surface area contributed by atoms with E-state index in [2.05, 4.69) is 5.32 Å². The van der Waals surface area contributed by atoms with E-state index >= 15 is 0 Å². The molecular formula is C17H18N2O4. The average molecular weight is 314 g/mol. The third kappa shape index (κ3) is 5.19. The second kappa shape index (κ2) is 8.05. The molecule has 2 N–H and O–H groups in total. The Balaban J connectivity index is 1.85. The molecule has 0 heterocycles. The minimum atomic E-state index is -0.702. The summed E-state index contributed by atoms with van der Waals surface area (Å²) in [4.78, 5) is 22.3. The summed E-state index contributed by atoms with van der Waals surface area (Å²) in [5.41, 5.74) is 1.26. The molecule has 0 aliphatic heterocycles. The summed E-state index contributed by atoms with van der Waals surface area (Å²) in [6.45, 7) is 0.106. The Labute approximate surface area is 133 Å². The van der Waals surface area contributed by atoms with Crippen molar-refractivity contribution < 1.29 is 14.8 Å². The molecule has 1 amide bonds. The van der Waals surface area contributed by atoms with Gasteiger partial charge in [0.2, 0.25) is 5.91 Å². The van der Waals surface area contributed by atoms with Gasteiger partial charge >= 0.3 is 0 Å². The van der Waals surface area contributed by atoms with E-state index in [-0.39, 0.29) is 24.6 Å². The van der Waals surface area contributed by atoms with Crippen LogP contribution in [0.15, 0.2) is 54.6 Å². The third-order valence-corrected chi connectivity index (χ3v) is 3.39. The van der Waals surface area contributed by atoms with Gasteiger partial charge in [-0.25, -0.2) is 0 Å². The second-order valence-corrected chi connectivity index (χ2v) is 5.21. The first-order valence-corrected chi connectivity index (χ1v) is 7.27. The van der Waals surface area contributed by atoms with Crippen molar-refractivity contribution >= 4 is 11.6 Å². The van der Waals surface area contributed by atoms with Gasteiger partial charge in [0.1, 0.15) is 0 Å². The number of carbonyl (C=O) groups is 1. The Kier molecular flexibility index (Phi) is 5.82. The number of hydrogen-bond donors (Lipinski definition) is 2. The fraction of sp³-hybridized carbons (Fsp3) is 0.235. The summed E-state index contributed by atoms with van der Waals surface area (Å²) in [5.74, 6) is -0.355. The molecule has 0 aromatic heterocycles. The number of amides is 1. The van der Waals surface area contributed by atoms with E-state index in [1.165, 1.54) is 6.07 Å². The second-order valence-electron chi connectivity index (χ2n) is 5.21. The topological polar surface area (TPSA) is 92.5 Å². The number of aliphatic hydroxyl groups is 1. The lowest BCUT2D eigenvalue weighted by molar-refractivity contribution is -0.385. The molecule has 0 saturated carbocycles. The van der Waals surface area contributed by atoms with Crippen LogP contribution in [-0.4, -0.2) is 28.6 Å². The molecule has 23 heavy (non-hydrogen) atoms. The summed E-state index contributed by atoms with van der Waals surface area (Å²) < 4.78 is 0. The summed E-state index contributed by atoms with van der Waals surface area (Å²) in [5, 5.41) is 23.4. The van der Waals surface area contributed by atoms with Gasteiger partial charge in [-0.15, -0.1) is 0 Å². The maximum Gasteiger partial charge on any atom is 0.273 e. The summed E-state index contributed by atoms with van der Waals surface area (Å²) >= 11 is 0. The predicted octanol–water partition coefficient (Wildman–Crippen LogP) is 1.86. The molecule has 2 rings (SSSR count). The SMILES string of the molecule is O=C(Cc1ccccc1[N+](=O)[O-])NCC(O)Cc1ccccc1. The van der Waals surface area contributed by atoms with Gasteiger partial charge < -0.3 is 10.4 Å². The van der Waals surface area contributed by atoms with Crippen LogP contribution < -0.4 is 5.32 Å². The van der Waals surface area contributed by atoms with Crippen molar-refractivity contribution in [3.05, 3.63) is 75.8 Å². The van der Waals surface area contributed by atoms with Crippen molar-refractivity contribution in [2.45, 2.75) is 18.9 Å². The van der Waals surface area contributed by atoms with E-state index in [0.717, 1.165) is 5.56 Å².